The molecule has 0 aromatic carbocycles. The fourth-order valence-electron chi connectivity index (χ4n) is 4.27. The van der Waals surface area contributed by atoms with Crippen molar-refractivity contribution in [2.45, 2.75) is 58.4 Å². The topological polar surface area (TPSA) is 44.8 Å². The minimum absolute atomic E-state index is 0.441. The van der Waals surface area contributed by atoms with Crippen molar-refractivity contribution in [2.24, 2.45) is 5.41 Å². The first-order chi connectivity index (χ1) is 11.2. The van der Waals surface area contributed by atoms with Crippen molar-refractivity contribution < 1.29 is 0 Å². The van der Waals surface area contributed by atoms with Crippen molar-refractivity contribution in [1.29, 1.82) is 0 Å². The highest BCUT2D eigenvalue weighted by Crippen LogP contribution is 2.55. The molecule has 0 radical (unpaired) electrons. The van der Waals surface area contributed by atoms with E-state index in [0.717, 1.165) is 37.6 Å². The summed E-state index contributed by atoms with van der Waals surface area (Å²) in [6.07, 6.45) is 6.18. The predicted molar refractivity (Wildman–Crippen MR) is 93.7 cm³/mol. The minimum Gasteiger partial charge on any atom is -0.297 e. The molecular weight excluding hydrogens is 304 g/mol. The Balaban J connectivity index is 1.53. The maximum Gasteiger partial charge on any atom is 0.155 e. The van der Waals surface area contributed by atoms with Gasteiger partial charge in [0.05, 0.1) is 0 Å². The lowest BCUT2D eigenvalue weighted by atomic mass is 9.62. The minimum atomic E-state index is 0.441. The lowest BCUT2D eigenvalue weighted by Crippen LogP contribution is -2.36. The first-order valence-electron chi connectivity index (χ1n) is 8.87. The average Bonchev–Trinajstić information content (AvgIpc) is 3.18. The summed E-state index contributed by atoms with van der Waals surface area (Å²) in [6, 6.07) is 2.24. The Hall–Kier alpha value is -1.20. The smallest absolute Gasteiger partial charge is 0.155 e. The maximum absolute atomic E-state index is 4.82. The molecule has 1 N–H and O–H groups in total. The number of nitrogens with zero attached hydrogens (tertiary/aromatic N) is 3. The molecule has 0 amide bonds. The molecule has 2 aromatic rings. The summed E-state index contributed by atoms with van der Waals surface area (Å²) in [5.74, 6) is 2.64. The molecule has 4 rings (SSSR count). The molecule has 2 aliphatic rings. The SMILES string of the molecule is CCCc1nc(C2CN(Cc3sccc3C)CC23CCC3)n[nH]1. The summed E-state index contributed by atoms with van der Waals surface area (Å²) in [7, 11) is 0. The number of aryl methyl sites for hydroxylation is 2. The van der Waals surface area contributed by atoms with E-state index in [-0.39, 0.29) is 0 Å². The van der Waals surface area contributed by atoms with Gasteiger partial charge >= 0.3 is 0 Å². The van der Waals surface area contributed by atoms with Gasteiger partial charge in [-0.25, -0.2) is 4.98 Å². The van der Waals surface area contributed by atoms with Crippen molar-refractivity contribution in [1.82, 2.24) is 20.1 Å². The van der Waals surface area contributed by atoms with Gasteiger partial charge in [0.15, 0.2) is 5.82 Å². The molecule has 5 heteroatoms. The number of likely N-dealkylation sites (tertiary alicyclic amines) is 1. The summed E-state index contributed by atoms with van der Waals surface area (Å²) >= 11 is 1.89. The van der Waals surface area contributed by atoms with Gasteiger partial charge in [-0.3, -0.25) is 10.00 Å². The van der Waals surface area contributed by atoms with Crippen LogP contribution in [0.4, 0.5) is 0 Å². The van der Waals surface area contributed by atoms with Crippen LogP contribution in [0.3, 0.4) is 0 Å². The monoisotopic (exact) mass is 330 g/mol. The molecule has 1 atom stereocenters. The molecule has 1 saturated heterocycles. The van der Waals surface area contributed by atoms with E-state index in [1.165, 1.54) is 36.2 Å². The van der Waals surface area contributed by atoms with E-state index >= 15 is 0 Å². The zero-order valence-corrected chi connectivity index (χ0v) is 15.0. The summed E-state index contributed by atoms with van der Waals surface area (Å²) in [6.45, 7) is 7.84. The number of H-pyrrole nitrogens is 1. The lowest BCUT2D eigenvalue weighted by molar-refractivity contribution is 0.117. The van der Waals surface area contributed by atoms with Crippen molar-refractivity contribution in [3.8, 4) is 0 Å². The summed E-state index contributed by atoms with van der Waals surface area (Å²) in [4.78, 5) is 8.97. The van der Waals surface area contributed by atoms with Crippen LogP contribution in [-0.2, 0) is 13.0 Å². The van der Waals surface area contributed by atoms with Crippen molar-refractivity contribution in [2.75, 3.05) is 13.1 Å². The lowest BCUT2D eigenvalue weighted by Gasteiger charge is -2.42. The van der Waals surface area contributed by atoms with Gasteiger partial charge in [-0.15, -0.1) is 11.3 Å². The van der Waals surface area contributed by atoms with Crippen LogP contribution >= 0.6 is 11.3 Å². The quantitative estimate of drug-likeness (QED) is 0.904. The fourth-order valence-corrected chi connectivity index (χ4v) is 5.22. The first kappa shape index (κ1) is 15.3. The molecule has 4 nitrogen and oxygen atoms in total. The molecular formula is C18H26N4S. The number of hydrogen-bond acceptors (Lipinski definition) is 4. The Morgan fingerprint density at radius 1 is 1.43 bits per heavy atom. The van der Waals surface area contributed by atoms with Gasteiger partial charge in [0.2, 0.25) is 0 Å². The molecule has 23 heavy (non-hydrogen) atoms. The molecule has 2 fully saturated rings. The van der Waals surface area contributed by atoms with Crippen molar-refractivity contribution in [3.63, 3.8) is 0 Å². The number of aromatic amines is 1. The van der Waals surface area contributed by atoms with E-state index in [4.69, 9.17) is 4.98 Å². The summed E-state index contributed by atoms with van der Waals surface area (Å²) < 4.78 is 0. The van der Waals surface area contributed by atoms with Gasteiger partial charge in [0.1, 0.15) is 5.82 Å². The molecule has 1 aliphatic carbocycles. The molecule has 1 spiro atoms. The van der Waals surface area contributed by atoms with E-state index in [1.807, 2.05) is 11.3 Å². The van der Waals surface area contributed by atoms with Gasteiger partial charge in [-0.05, 0) is 48.6 Å². The zero-order chi connectivity index (χ0) is 15.9. The third-order valence-corrected chi connectivity index (χ3v) is 6.76. The van der Waals surface area contributed by atoms with Crippen LogP contribution in [0.15, 0.2) is 11.4 Å². The Labute approximate surface area is 142 Å². The van der Waals surface area contributed by atoms with Crippen LogP contribution in [0.25, 0.3) is 0 Å². The standard InChI is InChI=1S/C18H26N4S/c1-3-5-16-19-17(21-20-16)14-10-22(12-18(14)7-4-8-18)11-15-13(2)6-9-23-15/h6,9,14H,3-5,7-8,10-12H2,1-2H3,(H,19,20,21). The van der Waals surface area contributed by atoms with E-state index in [9.17, 15) is 0 Å². The maximum atomic E-state index is 4.82. The second kappa shape index (κ2) is 6.02. The number of nitrogens with one attached hydrogen (secondary N) is 1. The third-order valence-electron chi connectivity index (χ3n) is 5.75. The van der Waals surface area contributed by atoms with Crippen LogP contribution in [0.5, 0.6) is 0 Å². The Kier molecular flexibility index (Phi) is 4.01. The number of hydrogen-bond donors (Lipinski definition) is 1. The molecule has 1 unspecified atom stereocenters. The molecule has 1 aliphatic heterocycles. The Morgan fingerprint density at radius 2 is 2.30 bits per heavy atom. The van der Waals surface area contributed by atoms with Gasteiger partial charge in [0, 0.05) is 36.9 Å². The number of rotatable bonds is 5. The van der Waals surface area contributed by atoms with Gasteiger partial charge in [0.25, 0.3) is 0 Å². The highest BCUT2D eigenvalue weighted by molar-refractivity contribution is 7.10. The second-order valence-electron chi connectivity index (χ2n) is 7.36. The highest BCUT2D eigenvalue weighted by Gasteiger charge is 2.52. The molecule has 124 valence electrons. The summed E-state index contributed by atoms with van der Waals surface area (Å²) in [5, 5.41) is 9.96. The second-order valence-corrected chi connectivity index (χ2v) is 8.36. The van der Waals surface area contributed by atoms with Crippen molar-refractivity contribution in [3.05, 3.63) is 33.5 Å². The van der Waals surface area contributed by atoms with E-state index in [1.54, 1.807) is 0 Å². The first-order valence-corrected chi connectivity index (χ1v) is 9.75. The molecule has 3 heterocycles. The molecule has 2 aromatic heterocycles. The number of thiophene rings is 1. The van der Waals surface area contributed by atoms with Crippen LogP contribution in [-0.4, -0.2) is 33.2 Å². The van der Waals surface area contributed by atoms with Crippen LogP contribution < -0.4 is 0 Å². The Morgan fingerprint density at radius 3 is 2.96 bits per heavy atom. The zero-order valence-electron chi connectivity index (χ0n) is 14.1. The summed E-state index contributed by atoms with van der Waals surface area (Å²) in [5.41, 5.74) is 1.88. The van der Waals surface area contributed by atoms with Gasteiger partial charge in [-0.1, -0.05) is 13.3 Å². The predicted octanol–water partition coefficient (Wildman–Crippen LogP) is 3.90. The van der Waals surface area contributed by atoms with E-state index in [2.05, 4.69) is 40.4 Å². The van der Waals surface area contributed by atoms with Crippen molar-refractivity contribution >= 4 is 11.3 Å². The molecule has 1 saturated carbocycles. The molecule has 0 bridgehead atoms. The largest absolute Gasteiger partial charge is 0.297 e. The Bertz CT molecular complexity index is 670. The van der Waals surface area contributed by atoms with Crippen LogP contribution in [0.2, 0.25) is 0 Å². The van der Waals surface area contributed by atoms with Crippen LogP contribution in [0, 0.1) is 12.3 Å². The fraction of sp³-hybridized carbons (Fsp3) is 0.667. The third kappa shape index (κ3) is 2.74. The number of aromatic nitrogens is 3. The highest BCUT2D eigenvalue weighted by atomic mass is 32.1. The van der Waals surface area contributed by atoms with E-state index in [0.29, 0.717) is 11.3 Å². The van der Waals surface area contributed by atoms with Gasteiger partial charge < -0.3 is 0 Å². The normalized spacial score (nSPS) is 23.5. The van der Waals surface area contributed by atoms with Gasteiger partial charge in [-0.2, -0.15) is 5.10 Å². The van der Waals surface area contributed by atoms with Crippen LogP contribution in [0.1, 0.15) is 60.6 Å². The van der Waals surface area contributed by atoms with E-state index < -0.39 is 0 Å². The average molecular weight is 331 g/mol.